The summed E-state index contributed by atoms with van der Waals surface area (Å²) in [6, 6.07) is 18.7. The second-order valence-electron chi connectivity index (χ2n) is 5.14. The average molecular weight is 363 g/mol. The van der Waals surface area contributed by atoms with E-state index in [-0.39, 0.29) is 0 Å². The maximum atomic E-state index is 5.56. The van der Waals surface area contributed by atoms with Crippen LogP contribution in [-0.4, -0.2) is 16.1 Å². The summed E-state index contributed by atoms with van der Waals surface area (Å²) in [6.45, 7) is 5.10. The Hall–Kier alpha value is -1.39. The highest BCUT2D eigenvalue weighted by atomic mass is 79.9. The smallest absolute Gasteiger partial charge is 0.173 e. The van der Waals surface area contributed by atoms with Crippen molar-refractivity contribution in [1.82, 2.24) is 4.90 Å². The van der Waals surface area contributed by atoms with E-state index in [0.717, 1.165) is 21.8 Å². The molecule has 2 nitrogen and oxygen atoms in total. The standard InChI is InChI=1S/C17H19BrN2S/c1-13(2)20(12-14-8-10-15(18)11-9-14)17(21)19-16-6-4-3-5-7-16/h3-11,13H,12H2,1-2H3,(H,19,21). The summed E-state index contributed by atoms with van der Waals surface area (Å²) in [4.78, 5) is 2.19. The number of nitrogens with one attached hydrogen (secondary N) is 1. The van der Waals surface area contributed by atoms with Gasteiger partial charge < -0.3 is 10.2 Å². The van der Waals surface area contributed by atoms with Gasteiger partial charge in [0.25, 0.3) is 0 Å². The molecule has 2 aromatic rings. The highest BCUT2D eigenvalue weighted by molar-refractivity contribution is 9.10. The van der Waals surface area contributed by atoms with Crippen LogP contribution < -0.4 is 5.32 Å². The Morgan fingerprint density at radius 1 is 1.10 bits per heavy atom. The minimum absolute atomic E-state index is 0.331. The first-order valence-electron chi connectivity index (χ1n) is 6.93. The molecule has 0 aliphatic carbocycles. The zero-order chi connectivity index (χ0) is 15.2. The summed E-state index contributed by atoms with van der Waals surface area (Å²) in [5.74, 6) is 0. The molecule has 0 saturated carbocycles. The molecule has 1 N–H and O–H groups in total. The molecule has 0 bridgehead atoms. The number of nitrogens with zero attached hydrogens (tertiary/aromatic N) is 1. The van der Waals surface area contributed by atoms with Crippen LogP contribution in [0.4, 0.5) is 5.69 Å². The van der Waals surface area contributed by atoms with Gasteiger partial charge in [0.05, 0.1) is 0 Å². The van der Waals surface area contributed by atoms with Gasteiger partial charge in [-0.15, -0.1) is 0 Å². The minimum Gasteiger partial charge on any atom is -0.342 e. The molecule has 0 radical (unpaired) electrons. The Morgan fingerprint density at radius 2 is 1.71 bits per heavy atom. The number of rotatable bonds is 4. The van der Waals surface area contributed by atoms with Gasteiger partial charge in [-0.25, -0.2) is 0 Å². The van der Waals surface area contributed by atoms with Crippen molar-refractivity contribution >= 4 is 38.9 Å². The van der Waals surface area contributed by atoms with E-state index in [2.05, 4.69) is 64.3 Å². The molecule has 4 heteroatoms. The zero-order valence-corrected chi connectivity index (χ0v) is 14.6. The first kappa shape index (κ1) is 16.0. The fraction of sp³-hybridized carbons (Fsp3) is 0.235. The van der Waals surface area contributed by atoms with Crippen molar-refractivity contribution in [3.8, 4) is 0 Å². The van der Waals surface area contributed by atoms with Gasteiger partial charge in [0, 0.05) is 22.7 Å². The number of hydrogen-bond donors (Lipinski definition) is 1. The van der Waals surface area contributed by atoms with E-state index in [1.54, 1.807) is 0 Å². The fourth-order valence-electron chi connectivity index (χ4n) is 1.99. The molecule has 0 fully saturated rings. The Bertz CT molecular complexity index is 581. The van der Waals surface area contributed by atoms with Gasteiger partial charge in [0.1, 0.15) is 0 Å². The van der Waals surface area contributed by atoms with Crippen molar-refractivity contribution in [2.45, 2.75) is 26.4 Å². The normalized spacial score (nSPS) is 10.5. The first-order chi connectivity index (χ1) is 10.1. The van der Waals surface area contributed by atoms with Crippen LogP contribution in [0.25, 0.3) is 0 Å². The molecule has 0 aliphatic heterocycles. The van der Waals surface area contributed by atoms with Crippen molar-refractivity contribution in [3.63, 3.8) is 0 Å². The molecule has 0 aliphatic rings. The van der Waals surface area contributed by atoms with Crippen molar-refractivity contribution in [2.24, 2.45) is 0 Å². The molecule has 0 atom stereocenters. The van der Waals surface area contributed by atoms with E-state index in [4.69, 9.17) is 12.2 Å². The SMILES string of the molecule is CC(C)N(Cc1ccc(Br)cc1)C(=S)Nc1ccccc1. The quantitative estimate of drug-likeness (QED) is 0.765. The third-order valence-electron chi connectivity index (χ3n) is 3.18. The number of hydrogen-bond acceptors (Lipinski definition) is 1. The number of anilines is 1. The molecule has 0 spiro atoms. The van der Waals surface area contributed by atoms with E-state index < -0.39 is 0 Å². The monoisotopic (exact) mass is 362 g/mol. The van der Waals surface area contributed by atoms with Gasteiger partial charge in [-0.05, 0) is 55.9 Å². The van der Waals surface area contributed by atoms with Gasteiger partial charge in [0.2, 0.25) is 0 Å². The molecule has 110 valence electrons. The molecule has 0 aromatic heterocycles. The van der Waals surface area contributed by atoms with Gasteiger partial charge in [-0.1, -0.05) is 46.3 Å². The summed E-state index contributed by atoms with van der Waals surface area (Å²) >= 11 is 9.03. The van der Waals surface area contributed by atoms with Gasteiger partial charge in [-0.2, -0.15) is 0 Å². The van der Waals surface area contributed by atoms with Crippen molar-refractivity contribution < 1.29 is 0 Å². The highest BCUT2D eigenvalue weighted by Crippen LogP contribution is 2.15. The topological polar surface area (TPSA) is 15.3 Å². The van der Waals surface area contributed by atoms with Crippen LogP contribution in [0.1, 0.15) is 19.4 Å². The van der Waals surface area contributed by atoms with Crippen LogP contribution in [0.3, 0.4) is 0 Å². The number of benzene rings is 2. The van der Waals surface area contributed by atoms with E-state index in [0.29, 0.717) is 6.04 Å². The third-order valence-corrected chi connectivity index (χ3v) is 4.04. The minimum atomic E-state index is 0.331. The van der Waals surface area contributed by atoms with Crippen LogP contribution in [0.15, 0.2) is 59.1 Å². The first-order valence-corrected chi connectivity index (χ1v) is 8.13. The lowest BCUT2D eigenvalue weighted by molar-refractivity contribution is 0.348. The summed E-state index contributed by atoms with van der Waals surface area (Å²) in [6.07, 6.45) is 0. The summed E-state index contributed by atoms with van der Waals surface area (Å²) < 4.78 is 1.09. The molecule has 2 rings (SSSR count). The third kappa shape index (κ3) is 4.83. The highest BCUT2D eigenvalue weighted by Gasteiger charge is 2.14. The van der Waals surface area contributed by atoms with Crippen LogP contribution in [0.5, 0.6) is 0 Å². The molecule has 0 heterocycles. The Balaban J connectivity index is 2.07. The Morgan fingerprint density at radius 3 is 2.29 bits per heavy atom. The largest absolute Gasteiger partial charge is 0.342 e. The molecule has 21 heavy (non-hydrogen) atoms. The Labute approximate surface area is 140 Å². The molecule has 2 aromatic carbocycles. The van der Waals surface area contributed by atoms with E-state index in [1.807, 2.05) is 30.3 Å². The molecule has 0 saturated heterocycles. The van der Waals surface area contributed by atoms with Crippen molar-refractivity contribution in [3.05, 3.63) is 64.6 Å². The number of para-hydroxylation sites is 1. The van der Waals surface area contributed by atoms with E-state index >= 15 is 0 Å². The lowest BCUT2D eigenvalue weighted by atomic mass is 10.2. The van der Waals surface area contributed by atoms with E-state index in [1.165, 1.54) is 5.56 Å². The zero-order valence-electron chi connectivity index (χ0n) is 12.2. The maximum Gasteiger partial charge on any atom is 0.173 e. The average Bonchev–Trinajstić information content (AvgIpc) is 2.47. The van der Waals surface area contributed by atoms with Crippen LogP contribution in [0, 0.1) is 0 Å². The molecular weight excluding hydrogens is 344 g/mol. The predicted molar refractivity (Wildman–Crippen MR) is 97.5 cm³/mol. The lowest BCUT2D eigenvalue weighted by Crippen LogP contribution is -2.39. The summed E-state index contributed by atoms with van der Waals surface area (Å²) in [5, 5.41) is 4.05. The van der Waals surface area contributed by atoms with Crippen molar-refractivity contribution in [1.29, 1.82) is 0 Å². The van der Waals surface area contributed by atoms with E-state index in [9.17, 15) is 0 Å². The fourth-order valence-corrected chi connectivity index (χ4v) is 2.65. The second kappa shape index (κ2) is 7.57. The molecular formula is C17H19BrN2S. The van der Waals surface area contributed by atoms with Crippen LogP contribution >= 0.6 is 28.1 Å². The maximum absolute atomic E-state index is 5.56. The second-order valence-corrected chi connectivity index (χ2v) is 6.45. The van der Waals surface area contributed by atoms with Crippen LogP contribution in [0.2, 0.25) is 0 Å². The van der Waals surface area contributed by atoms with Crippen molar-refractivity contribution in [2.75, 3.05) is 5.32 Å². The number of halogens is 1. The summed E-state index contributed by atoms with van der Waals surface area (Å²) in [5.41, 5.74) is 2.26. The number of thiocarbonyl (C=S) groups is 1. The van der Waals surface area contributed by atoms with Gasteiger partial charge in [-0.3, -0.25) is 0 Å². The Kier molecular flexibility index (Phi) is 5.76. The van der Waals surface area contributed by atoms with Crippen LogP contribution in [-0.2, 0) is 6.54 Å². The predicted octanol–water partition coefficient (Wildman–Crippen LogP) is 5.06. The van der Waals surface area contributed by atoms with Gasteiger partial charge in [0.15, 0.2) is 5.11 Å². The summed E-state index contributed by atoms with van der Waals surface area (Å²) in [7, 11) is 0. The van der Waals surface area contributed by atoms with Gasteiger partial charge >= 0.3 is 0 Å². The molecule has 0 amide bonds. The molecule has 0 unspecified atom stereocenters. The lowest BCUT2D eigenvalue weighted by Gasteiger charge is -2.30.